The number of halogens is 8. The van der Waals surface area contributed by atoms with Gasteiger partial charge in [0.1, 0.15) is 0 Å². The SMILES string of the molecule is Cl.FC(F)(F)CC[C@H](c1ccc(Cl)c(C(F)(F)F)c1)N1CCNCC1. The minimum atomic E-state index is -4.65. The minimum Gasteiger partial charge on any atom is -0.314 e. The Kier molecular flexibility index (Phi) is 7.86. The first-order valence-corrected chi connectivity index (χ1v) is 7.84. The third-order valence-corrected chi connectivity index (χ3v) is 4.30. The molecule has 0 aliphatic carbocycles. The lowest BCUT2D eigenvalue weighted by molar-refractivity contribution is -0.140. The van der Waals surface area contributed by atoms with E-state index in [1.54, 1.807) is 4.90 Å². The van der Waals surface area contributed by atoms with E-state index in [0.717, 1.165) is 12.1 Å². The van der Waals surface area contributed by atoms with Crippen molar-refractivity contribution in [1.82, 2.24) is 10.2 Å². The van der Waals surface area contributed by atoms with E-state index < -0.39 is 35.4 Å². The molecule has 0 saturated carbocycles. The molecule has 0 amide bonds. The van der Waals surface area contributed by atoms with Crippen molar-refractivity contribution in [2.24, 2.45) is 0 Å². The highest BCUT2D eigenvalue weighted by molar-refractivity contribution is 6.31. The molecule has 144 valence electrons. The molecular weight excluding hydrogens is 393 g/mol. The first-order chi connectivity index (χ1) is 11.1. The van der Waals surface area contributed by atoms with Gasteiger partial charge in [0, 0.05) is 38.6 Å². The quantitative estimate of drug-likeness (QED) is 0.697. The zero-order chi connectivity index (χ0) is 18.0. The Balaban J connectivity index is 0.00000312. The number of hydrogen-bond donors (Lipinski definition) is 1. The summed E-state index contributed by atoms with van der Waals surface area (Å²) in [5.41, 5.74) is -0.813. The van der Waals surface area contributed by atoms with Crippen LogP contribution in [0.3, 0.4) is 0 Å². The van der Waals surface area contributed by atoms with Gasteiger partial charge >= 0.3 is 12.4 Å². The van der Waals surface area contributed by atoms with Gasteiger partial charge in [0.15, 0.2) is 0 Å². The van der Waals surface area contributed by atoms with E-state index in [9.17, 15) is 26.3 Å². The second-order valence-electron chi connectivity index (χ2n) is 5.69. The number of nitrogens with one attached hydrogen (secondary N) is 1. The average Bonchev–Trinajstić information content (AvgIpc) is 2.47. The smallest absolute Gasteiger partial charge is 0.314 e. The summed E-state index contributed by atoms with van der Waals surface area (Å²) in [5.74, 6) is 0. The molecule has 10 heteroatoms. The van der Waals surface area contributed by atoms with Gasteiger partial charge in [-0.25, -0.2) is 0 Å². The van der Waals surface area contributed by atoms with Crippen LogP contribution in [0.4, 0.5) is 26.3 Å². The normalized spacial score (nSPS) is 17.9. The van der Waals surface area contributed by atoms with Gasteiger partial charge in [0.2, 0.25) is 0 Å². The molecule has 1 fully saturated rings. The van der Waals surface area contributed by atoms with E-state index in [1.807, 2.05) is 0 Å². The van der Waals surface area contributed by atoms with Crippen molar-refractivity contribution in [1.29, 1.82) is 0 Å². The predicted octanol–water partition coefficient (Wildman–Crippen LogP) is 5.07. The van der Waals surface area contributed by atoms with Crippen LogP contribution in [-0.2, 0) is 6.18 Å². The number of piperazine rings is 1. The molecule has 0 aromatic heterocycles. The molecular formula is C15H18Cl2F6N2. The Bertz CT molecular complexity index is 556. The molecule has 1 aliphatic heterocycles. The van der Waals surface area contributed by atoms with Crippen LogP contribution in [0, 0.1) is 0 Å². The van der Waals surface area contributed by atoms with Crippen molar-refractivity contribution in [2.45, 2.75) is 31.2 Å². The van der Waals surface area contributed by atoms with Gasteiger partial charge in [-0.2, -0.15) is 26.3 Å². The van der Waals surface area contributed by atoms with E-state index in [4.69, 9.17) is 11.6 Å². The molecule has 25 heavy (non-hydrogen) atoms. The Morgan fingerprint density at radius 2 is 1.68 bits per heavy atom. The van der Waals surface area contributed by atoms with Gasteiger partial charge in [-0.1, -0.05) is 17.7 Å². The fourth-order valence-corrected chi connectivity index (χ4v) is 3.05. The van der Waals surface area contributed by atoms with Crippen LogP contribution in [0.2, 0.25) is 5.02 Å². The molecule has 1 N–H and O–H groups in total. The van der Waals surface area contributed by atoms with Crippen LogP contribution < -0.4 is 5.32 Å². The van der Waals surface area contributed by atoms with Gasteiger partial charge in [-0.3, -0.25) is 4.90 Å². The Morgan fingerprint density at radius 3 is 2.20 bits per heavy atom. The summed E-state index contributed by atoms with van der Waals surface area (Å²) in [6, 6.07) is 2.61. The number of rotatable bonds is 4. The van der Waals surface area contributed by atoms with Gasteiger partial charge in [-0.15, -0.1) is 12.4 Å². The number of alkyl halides is 6. The average molecular weight is 411 g/mol. The fraction of sp³-hybridized carbons (Fsp3) is 0.600. The fourth-order valence-electron chi connectivity index (χ4n) is 2.82. The zero-order valence-electron chi connectivity index (χ0n) is 13.1. The Labute approximate surface area is 152 Å². The van der Waals surface area contributed by atoms with Gasteiger partial charge < -0.3 is 5.32 Å². The monoisotopic (exact) mass is 410 g/mol. The topological polar surface area (TPSA) is 15.3 Å². The van der Waals surface area contributed by atoms with Crippen molar-refractivity contribution >= 4 is 24.0 Å². The molecule has 1 saturated heterocycles. The van der Waals surface area contributed by atoms with Crippen LogP contribution in [0.1, 0.15) is 30.0 Å². The Hall–Kier alpha value is -0.700. The van der Waals surface area contributed by atoms with Crippen molar-refractivity contribution in [3.8, 4) is 0 Å². The third-order valence-electron chi connectivity index (χ3n) is 3.97. The summed E-state index contributed by atoms with van der Waals surface area (Å²) in [6.45, 7) is 2.13. The van der Waals surface area contributed by atoms with Crippen molar-refractivity contribution in [2.75, 3.05) is 26.2 Å². The second kappa shape index (κ2) is 8.79. The first-order valence-electron chi connectivity index (χ1n) is 7.46. The second-order valence-corrected chi connectivity index (χ2v) is 6.10. The largest absolute Gasteiger partial charge is 0.417 e. The summed E-state index contributed by atoms with van der Waals surface area (Å²) in [6.07, 6.45) is -10.3. The zero-order valence-corrected chi connectivity index (χ0v) is 14.6. The predicted molar refractivity (Wildman–Crippen MR) is 86.2 cm³/mol. The van der Waals surface area contributed by atoms with Gasteiger partial charge in [0.05, 0.1) is 10.6 Å². The summed E-state index contributed by atoms with van der Waals surface area (Å²) in [7, 11) is 0. The maximum Gasteiger partial charge on any atom is 0.417 e. The van der Waals surface area contributed by atoms with Crippen molar-refractivity contribution < 1.29 is 26.3 Å². The number of hydrogen-bond acceptors (Lipinski definition) is 2. The van der Waals surface area contributed by atoms with E-state index in [0.29, 0.717) is 26.2 Å². The molecule has 1 atom stereocenters. The molecule has 2 nitrogen and oxygen atoms in total. The van der Waals surface area contributed by atoms with E-state index >= 15 is 0 Å². The number of nitrogens with zero attached hydrogens (tertiary/aromatic N) is 1. The van der Waals surface area contributed by atoms with E-state index in [2.05, 4.69) is 5.32 Å². The van der Waals surface area contributed by atoms with Crippen LogP contribution >= 0.6 is 24.0 Å². The summed E-state index contributed by atoms with van der Waals surface area (Å²) in [5, 5.41) is 2.62. The molecule has 0 radical (unpaired) electrons. The van der Waals surface area contributed by atoms with Crippen molar-refractivity contribution in [3.05, 3.63) is 34.3 Å². The van der Waals surface area contributed by atoms with Gasteiger partial charge in [-0.05, 0) is 24.1 Å². The maximum atomic E-state index is 13.0. The maximum absolute atomic E-state index is 13.0. The highest BCUT2D eigenvalue weighted by Crippen LogP contribution is 2.38. The highest BCUT2D eigenvalue weighted by atomic mass is 35.5. The molecule has 1 heterocycles. The molecule has 0 spiro atoms. The lowest BCUT2D eigenvalue weighted by atomic mass is 9.97. The molecule has 1 aromatic rings. The van der Waals surface area contributed by atoms with Crippen molar-refractivity contribution in [3.63, 3.8) is 0 Å². The Morgan fingerprint density at radius 1 is 1.08 bits per heavy atom. The molecule has 0 unspecified atom stereocenters. The highest BCUT2D eigenvalue weighted by Gasteiger charge is 2.36. The van der Waals surface area contributed by atoms with Crippen LogP contribution in [0.15, 0.2) is 18.2 Å². The van der Waals surface area contributed by atoms with E-state index in [-0.39, 0.29) is 24.4 Å². The lowest BCUT2D eigenvalue weighted by Crippen LogP contribution is -2.45. The van der Waals surface area contributed by atoms with Crippen LogP contribution in [0.25, 0.3) is 0 Å². The van der Waals surface area contributed by atoms with Crippen LogP contribution in [-0.4, -0.2) is 37.3 Å². The summed E-state index contributed by atoms with van der Waals surface area (Å²) >= 11 is 5.60. The molecule has 2 rings (SSSR count). The number of benzene rings is 1. The summed E-state index contributed by atoms with van der Waals surface area (Å²) < 4.78 is 76.9. The first kappa shape index (κ1) is 22.3. The van der Waals surface area contributed by atoms with E-state index in [1.165, 1.54) is 6.07 Å². The van der Waals surface area contributed by atoms with Gasteiger partial charge in [0.25, 0.3) is 0 Å². The lowest BCUT2D eigenvalue weighted by Gasteiger charge is -2.35. The molecule has 1 aliphatic rings. The minimum absolute atomic E-state index is 0. The standard InChI is InChI=1S/C15H17ClF6N2.ClH/c16-12-2-1-10(9-11(12)15(20,21)22)13(3-4-14(17,18)19)24-7-5-23-6-8-24;/h1-2,9,13,23H,3-8H2;1H/t13-;/m1./s1. The van der Waals surface area contributed by atoms with Crippen LogP contribution in [0.5, 0.6) is 0 Å². The molecule has 0 bridgehead atoms. The third kappa shape index (κ3) is 6.51. The molecule has 1 aromatic carbocycles. The summed E-state index contributed by atoms with van der Waals surface area (Å²) in [4.78, 5) is 1.78.